The molecule has 0 fully saturated rings. The Bertz CT molecular complexity index is 1060. The Morgan fingerprint density at radius 2 is 1.68 bits per heavy atom. The molecule has 0 atom stereocenters. The van der Waals surface area contributed by atoms with Gasteiger partial charge in [-0.3, -0.25) is 0 Å². The molecule has 0 aliphatic heterocycles. The van der Waals surface area contributed by atoms with Crippen molar-refractivity contribution in [1.82, 2.24) is 4.90 Å². The second kappa shape index (κ2) is 10.4. The van der Waals surface area contributed by atoms with Crippen LogP contribution in [0.1, 0.15) is 30.0 Å². The second-order valence-corrected chi connectivity index (χ2v) is 7.98. The minimum absolute atomic E-state index is 0.0944. The maximum absolute atomic E-state index is 10.6. The first-order chi connectivity index (χ1) is 14.9. The van der Waals surface area contributed by atoms with E-state index in [2.05, 4.69) is 6.92 Å². The summed E-state index contributed by atoms with van der Waals surface area (Å²) in [6, 6.07) is 20.5. The van der Waals surface area contributed by atoms with Gasteiger partial charge in [0, 0.05) is 6.54 Å². The van der Waals surface area contributed by atoms with Crippen LogP contribution >= 0.6 is 11.6 Å². The molecule has 0 aliphatic rings. The topological polar surface area (TPSA) is 52.9 Å². The molecule has 162 valence electrons. The van der Waals surface area contributed by atoms with Crippen molar-refractivity contribution >= 4 is 22.7 Å². The summed E-state index contributed by atoms with van der Waals surface area (Å²) in [6.07, 6.45) is 0.719. The van der Waals surface area contributed by atoms with Crippen LogP contribution in [0.2, 0.25) is 5.02 Å². The lowest BCUT2D eigenvalue weighted by atomic mass is 9.88. The van der Waals surface area contributed by atoms with Gasteiger partial charge < -0.3 is 19.8 Å². The van der Waals surface area contributed by atoms with Crippen LogP contribution in [-0.4, -0.2) is 42.4 Å². The maximum Gasteiger partial charge on any atom is 0.161 e. The highest BCUT2D eigenvalue weighted by Crippen LogP contribution is 2.40. The van der Waals surface area contributed by atoms with Crippen LogP contribution in [0.15, 0.2) is 66.7 Å². The molecule has 3 aromatic carbocycles. The van der Waals surface area contributed by atoms with E-state index in [-0.39, 0.29) is 11.5 Å². The molecule has 4 nitrogen and oxygen atoms in total. The van der Waals surface area contributed by atoms with Gasteiger partial charge in [0.2, 0.25) is 0 Å². The van der Waals surface area contributed by atoms with Crippen LogP contribution in [0.3, 0.4) is 0 Å². The summed E-state index contributed by atoms with van der Waals surface area (Å²) in [5, 5.41) is 20.9. The maximum atomic E-state index is 10.6. The number of benzene rings is 3. The number of ether oxygens (including phenoxy) is 1. The first-order valence-corrected chi connectivity index (χ1v) is 10.7. The van der Waals surface area contributed by atoms with Gasteiger partial charge in [-0.05, 0) is 78.7 Å². The lowest BCUT2D eigenvalue weighted by Crippen LogP contribution is -2.19. The van der Waals surface area contributed by atoms with Crippen molar-refractivity contribution in [3.05, 3.63) is 88.4 Å². The third-order valence-electron chi connectivity index (χ3n) is 5.04. The molecule has 0 saturated heterocycles. The minimum atomic E-state index is 0.0944. The molecule has 3 aromatic rings. The van der Waals surface area contributed by atoms with Gasteiger partial charge in [0.15, 0.2) is 11.5 Å². The summed E-state index contributed by atoms with van der Waals surface area (Å²) in [5.74, 6) is 0.679. The monoisotopic (exact) mass is 437 g/mol. The van der Waals surface area contributed by atoms with E-state index in [0.29, 0.717) is 17.4 Å². The van der Waals surface area contributed by atoms with Crippen molar-refractivity contribution in [2.75, 3.05) is 27.2 Å². The Kier molecular flexibility index (Phi) is 7.61. The molecule has 0 heterocycles. The number of nitrogens with zero attached hydrogens (tertiary/aromatic N) is 1. The summed E-state index contributed by atoms with van der Waals surface area (Å²) < 4.78 is 5.74. The van der Waals surface area contributed by atoms with Gasteiger partial charge in [0.25, 0.3) is 0 Å². The van der Waals surface area contributed by atoms with Crippen LogP contribution in [-0.2, 0) is 0 Å². The predicted molar refractivity (Wildman–Crippen MR) is 128 cm³/mol. The van der Waals surface area contributed by atoms with Gasteiger partial charge >= 0.3 is 0 Å². The van der Waals surface area contributed by atoms with E-state index in [0.717, 1.165) is 40.8 Å². The molecule has 3 rings (SSSR count). The van der Waals surface area contributed by atoms with Crippen molar-refractivity contribution < 1.29 is 14.9 Å². The lowest BCUT2D eigenvalue weighted by Gasteiger charge is -2.18. The molecule has 0 amide bonds. The Morgan fingerprint density at radius 1 is 0.935 bits per heavy atom. The fraction of sp³-hybridized carbons (Fsp3) is 0.231. The smallest absolute Gasteiger partial charge is 0.161 e. The molecule has 0 unspecified atom stereocenters. The van der Waals surface area contributed by atoms with Crippen molar-refractivity contribution in [3.8, 4) is 17.2 Å². The quantitative estimate of drug-likeness (QED) is 0.420. The zero-order valence-electron chi connectivity index (χ0n) is 18.1. The average molecular weight is 438 g/mol. The van der Waals surface area contributed by atoms with Crippen LogP contribution < -0.4 is 4.74 Å². The minimum Gasteiger partial charge on any atom is -0.508 e. The number of aromatic hydroxyl groups is 2. The van der Waals surface area contributed by atoms with Crippen molar-refractivity contribution in [1.29, 1.82) is 0 Å². The van der Waals surface area contributed by atoms with Crippen LogP contribution in [0.5, 0.6) is 17.2 Å². The summed E-state index contributed by atoms with van der Waals surface area (Å²) in [5.41, 5.74) is 4.74. The Labute approximate surface area is 189 Å². The number of phenols is 2. The first kappa shape index (κ1) is 22.7. The number of halogens is 1. The van der Waals surface area contributed by atoms with Crippen molar-refractivity contribution in [3.63, 3.8) is 0 Å². The summed E-state index contributed by atoms with van der Waals surface area (Å²) in [6.45, 7) is 3.32. The van der Waals surface area contributed by atoms with Crippen molar-refractivity contribution in [2.45, 2.75) is 13.3 Å². The second-order valence-electron chi connectivity index (χ2n) is 7.57. The molecule has 0 bridgehead atoms. The van der Waals surface area contributed by atoms with Gasteiger partial charge in [0.05, 0.1) is 5.02 Å². The molecule has 0 spiro atoms. The number of hydrogen-bond donors (Lipinski definition) is 2. The average Bonchev–Trinajstić information content (AvgIpc) is 2.74. The van der Waals surface area contributed by atoms with E-state index in [9.17, 15) is 10.2 Å². The number of phenolic OH excluding ortho intramolecular Hbond substituents is 2. The van der Waals surface area contributed by atoms with Gasteiger partial charge in [-0.1, -0.05) is 54.9 Å². The van der Waals surface area contributed by atoms with Gasteiger partial charge in [-0.15, -0.1) is 0 Å². The first-order valence-electron chi connectivity index (χ1n) is 10.3. The predicted octanol–water partition coefficient (Wildman–Crippen LogP) is 6.06. The normalized spacial score (nSPS) is 12.0. The molecule has 0 aliphatic carbocycles. The van der Waals surface area contributed by atoms with Crippen LogP contribution in [0.25, 0.3) is 11.1 Å². The molecular weight excluding hydrogens is 410 g/mol. The van der Waals surface area contributed by atoms with Gasteiger partial charge in [0.1, 0.15) is 12.4 Å². The third-order valence-corrected chi connectivity index (χ3v) is 5.35. The molecule has 2 N–H and O–H groups in total. The van der Waals surface area contributed by atoms with Crippen LogP contribution in [0, 0.1) is 0 Å². The number of likely N-dealkylation sites (N-methyl/N-ethyl adjacent to an activating group) is 1. The van der Waals surface area contributed by atoms with Crippen LogP contribution in [0.4, 0.5) is 0 Å². The van der Waals surface area contributed by atoms with Crippen molar-refractivity contribution in [2.24, 2.45) is 0 Å². The fourth-order valence-corrected chi connectivity index (χ4v) is 3.79. The lowest BCUT2D eigenvalue weighted by molar-refractivity contribution is 0.252. The summed E-state index contributed by atoms with van der Waals surface area (Å²) in [4.78, 5) is 2.02. The zero-order valence-corrected chi connectivity index (χ0v) is 18.9. The van der Waals surface area contributed by atoms with Gasteiger partial charge in [-0.25, -0.2) is 0 Å². The van der Waals surface area contributed by atoms with E-state index >= 15 is 0 Å². The van der Waals surface area contributed by atoms with E-state index in [4.69, 9.17) is 16.3 Å². The van der Waals surface area contributed by atoms with E-state index < -0.39 is 0 Å². The Balaban J connectivity index is 2.12. The molecule has 5 heteroatoms. The SMILES string of the molecule is CC/C(=C(\c1ccccc1)c1ccc(OCCN(C)C)c(O)c1)c1ccc(O)cc1Cl. The molecular formula is C26H28ClNO3. The molecule has 31 heavy (non-hydrogen) atoms. The number of hydrogen-bond acceptors (Lipinski definition) is 4. The zero-order chi connectivity index (χ0) is 22.4. The standard InChI is InChI=1S/C26H28ClNO3/c1-4-21(22-12-11-20(29)17-23(22)27)26(18-8-6-5-7-9-18)19-10-13-25(24(30)16-19)31-15-14-28(2)3/h5-13,16-17,29-30H,4,14-15H2,1-3H3/b26-21-. The molecule has 0 aromatic heterocycles. The summed E-state index contributed by atoms with van der Waals surface area (Å²) >= 11 is 6.49. The van der Waals surface area contributed by atoms with Gasteiger partial charge in [-0.2, -0.15) is 0 Å². The highest BCUT2D eigenvalue weighted by Gasteiger charge is 2.17. The largest absolute Gasteiger partial charge is 0.508 e. The third kappa shape index (κ3) is 5.60. The summed E-state index contributed by atoms with van der Waals surface area (Å²) in [7, 11) is 3.95. The van der Waals surface area contributed by atoms with E-state index in [1.165, 1.54) is 0 Å². The highest BCUT2D eigenvalue weighted by molar-refractivity contribution is 6.33. The molecule has 0 radical (unpaired) electrons. The number of allylic oxidation sites excluding steroid dienone is 1. The Morgan fingerprint density at radius 3 is 2.29 bits per heavy atom. The fourth-order valence-electron chi connectivity index (χ4n) is 3.50. The van der Waals surface area contributed by atoms with E-state index in [1.54, 1.807) is 24.3 Å². The molecule has 0 saturated carbocycles. The highest BCUT2D eigenvalue weighted by atomic mass is 35.5. The van der Waals surface area contributed by atoms with E-state index in [1.807, 2.05) is 61.5 Å². The number of rotatable bonds is 8. The Hall–Kier alpha value is -2.95.